The number of carbonyl (C=O) groups excluding carboxylic acids is 1. The van der Waals surface area contributed by atoms with Gasteiger partial charge in [0.05, 0.1) is 5.75 Å². The summed E-state index contributed by atoms with van der Waals surface area (Å²) in [6.45, 7) is 0. The van der Waals surface area contributed by atoms with Crippen LogP contribution in [-0.4, -0.2) is 9.99 Å². The first-order valence-corrected chi connectivity index (χ1v) is 8.74. The Morgan fingerprint density at radius 3 is 2.50 bits per heavy atom. The Labute approximate surface area is 146 Å². The first kappa shape index (κ1) is 16.5. The zero-order valence-corrected chi connectivity index (χ0v) is 14.0. The van der Waals surface area contributed by atoms with E-state index in [-0.39, 0.29) is 17.4 Å². The summed E-state index contributed by atoms with van der Waals surface area (Å²) < 4.78 is 22.7. The zero-order chi connectivity index (χ0) is 17.1. The van der Waals surface area contributed by atoms with Gasteiger partial charge in [-0.05, 0) is 11.6 Å². The van der Waals surface area contributed by atoms with Gasteiger partial charge in [0.25, 0.3) is 0 Å². The number of rotatable bonds is 5. The molecule has 5 nitrogen and oxygen atoms in total. The molecule has 2 aromatic carbocycles. The second kappa shape index (κ2) is 7.07. The van der Waals surface area contributed by atoms with E-state index in [0.717, 1.165) is 5.56 Å². The molecule has 2 atom stereocenters. The van der Waals surface area contributed by atoms with E-state index < -0.39 is 23.0 Å². The predicted molar refractivity (Wildman–Crippen MR) is 90.9 cm³/mol. The normalized spacial score (nSPS) is 18.4. The Hall–Kier alpha value is -2.31. The first-order chi connectivity index (χ1) is 11.6. The van der Waals surface area contributed by atoms with E-state index in [9.17, 15) is 9.00 Å². The van der Waals surface area contributed by atoms with Gasteiger partial charge >= 0.3 is 0 Å². The van der Waals surface area contributed by atoms with Gasteiger partial charge in [0.15, 0.2) is 6.10 Å². The van der Waals surface area contributed by atoms with Crippen molar-refractivity contribution < 1.29 is 17.9 Å². The number of hydrogen-bond acceptors (Lipinski definition) is 5. The largest absolute Gasteiger partial charge is 0.460 e. The SMILES string of the molecule is NC1=C(OS(=O)Cc2ccccc2)C(=O)C(c2ccccc2Cl)O1. The molecule has 1 aliphatic heterocycles. The van der Waals surface area contributed by atoms with Crippen LogP contribution in [0.2, 0.25) is 5.02 Å². The first-order valence-electron chi connectivity index (χ1n) is 7.12. The standard InChI is InChI=1S/C17H14ClNO4S/c18-13-9-5-4-8-12(13)15-14(20)16(17(19)22-15)23-24(21)10-11-6-2-1-3-7-11/h1-9,15H,10,19H2. The van der Waals surface area contributed by atoms with Crippen molar-refractivity contribution >= 4 is 28.5 Å². The molecule has 0 radical (unpaired) electrons. The fraction of sp³-hybridized carbons (Fsp3) is 0.118. The molecule has 24 heavy (non-hydrogen) atoms. The van der Waals surface area contributed by atoms with Crippen molar-refractivity contribution in [1.82, 2.24) is 0 Å². The smallest absolute Gasteiger partial charge is 0.249 e. The molecule has 0 saturated heterocycles. The number of nitrogens with two attached hydrogens (primary N) is 1. The molecular formula is C17H14ClNO4S. The lowest BCUT2D eigenvalue weighted by atomic mass is 10.1. The zero-order valence-electron chi connectivity index (χ0n) is 12.5. The number of halogens is 1. The third-order valence-electron chi connectivity index (χ3n) is 3.42. The fourth-order valence-corrected chi connectivity index (χ4v) is 3.39. The van der Waals surface area contributed by atoms with Crippen molar-refractivity contribution in [2.75, 3.05) is 0 Å². The summed E-state index contributed by atoms with van der Waals surface area (Å²) in [6.07, 6.45) is -0.984. The highest BCUT2D eigenvalue weighted by molar-refractivity contribution is 7.79. The molecule has 7 heteroatoms. The van der Waals surface area contributed by atoms with Gasteiger partial charge in [-0.2, -0.15) is 0 Å². The molecule has 0 amide bonds. The van der Waals surface area contributed by atoms with E-state index >= 15 is 0 Å². The lowest BCUT2D eigenvalue weighted by Gasteiger charge is -2.11. The third kappa shape index (κ3) is 3.44. The summed E-state index contributed by atoms with van der Waals surface area (Å²) in [6, 6.07) is 16.0. The Balaban J connectivity index is 1.72. The second-order valence-electron chi connectivity index (χ2n) is 5.09. The number of ketones is 1. The van der Waals surface area contributed by atoms with Crippen LogP contribution in [0, 0.1) is 0 Å². The van der Waals surface area contributed by atoms with Gasteiger partial charge in [0, 0.05) is 10.6 Å². The van der Waals surface area contributed by atoms with Crippen LogP contribution in [0.3, 0.4) is 0 Å². The summed E-state index contributed by atoms with van der Waals surface area (Å²) in [5.74, 6) is -0.774. The van der Waals surface area contributed by atoms with E-state index in [1.165, 1.54) is 0 Å². The molecule has 0 aromatic heterocycles. The highest BCUT2D eigenvalue weighted by Crippen LogP contribution is 2.35. The summed E-state index contributed by atoms with van der Waals surface area (Å²) in [5.41, 5.74) is 7.03. The number of hydrogen-bond donors (Lipinski definition) is 1. The average molecular weight is 364 g/mol. The fourth-order valence-electron chi connectivity index (χ4n) is 2.28. The molecule has 1 aliphatic rings. The van der Waals surface area contributed by atoms with Crippen molar-refractivity contribution in [2.24, 2.45) is 5.73 Å². The molecular weight excluding hydrogens is 350 g/mol. The van der Waals surface area contributed by atoms with E-state index in [4.69, 9.17) is 26.3 Å². The molecule has 2 aromatic rings. The molecule has 3 rings (SSSR count). The van der Waals surface area contributed by atoms with Gasteiger partial charge in [-0.25, -0.2) is 4.21 Å². The van der Waals surface area contributed by atoms with Crippen LogP contribution < -0.4 is 5.73 Å². The molecule has 0 aliphatic carbocycles. The number of ether oxygens (including phenoxy) is 1. The minimum Gasteiger partial charge on any atom is -0.460 e. The van der Waals surface area contributed by atoms with Gasteiger partial charge in [0.1, 0.15) is 0 Å². The maximum absolute atomic E-state index is 12.5. The molecule has 0 fully saturated rings. The Morgan fingerprint density at radius 1 is 1.12 bits per heavy atom. The molecule has 0 spiro atoms. The van der Waals surface area contributed by atoms with Crippen LogP contribution >= 0.6 is 11.6 Å². The van der Waals surface area contributed by atoms with Crippen LogP contribution in [-0.2, 0) is 30.5 Å². The van der Waals surface area contributed by atoms with Gasteiger partial charge in [0.2, 0.25) is 28.5 Å². The molecule has 1 heterocycles. The summed E-state index contributed by atoms with van der Waals surface area (Å²) in [7, 11) is 0. The molecule has 2 N–H and O–H groups in total. The number of Topliss-reactive ketones (excluding diaryl/α,β-unsaturated/α-hetero) is 1. The summed E-state index contributed by atoms with van der Waals surface area (Å²) in [4.78, 5) is 12.5. The van der Waals surface area contributed by atoms with Gasteiger partial charge < -0.3 is 14.7 Å². The molecule has 2 unspecified atom stereocenters. The minimum atomic E-state index is -1.75. The highest BCUT2D eigenvalue weighted by atomic mass is 35.5. The average Bonchev–Trinajstić information content (AvgIpc) is 2.84. The maximum atomic E-state index is 12.5. The maximum Gasteiger partial charge on any atom is 0.249 e. The lowest BCUT2D eigenvalue weighted by Crippen LogP contribution is -2.13. The Morgan fingerprint density at radius 2 is 1.79 bits per heavy atom. The van der Waals surface area contributed by atoms with E-state index in [2.05, 4.69) is 0 Å². The van der Waals surface area contributed by atoms with E-state index in [1.54, 1.807) is 24.3 Å². The second-order valence-corrected chi connectivity index (χ2v) is 6.56. The highest BCUT2D eigenvalue weighted by Gasteiger charge is 2.39. The Bertz CT molecular complexity index is 822. The van der Waals surface area contributed by atoms with Gasteiger partial charge in [-0.15, -0.1) is 0 Å². The van der Waals surface area contributed by atoms with Crippen molar-refractivity contribution in [1.29, 1.82) is 0 Å². The van der Waals surface area contributed by atoms with Crippen molar-refractivity contribution in [2.45, 2.75) is 11.9 Å². The van der Waals surface area contributed by atoms with Gasteiger partial charge in [-0.1, -0.05) is 60.1 Å². The topological polar surface area (TPSA) is 78.6 Å². The van der Waals surface area contributed by atoms with Crippen LogP contribution in [0.15, 0.2) is 66.2 Å². The third-order valence-corrected chi connectivity index (χ3v) is 4.69. The number of carbonyl (C=O) groups is 1. The Kier molecular flexibility index (Phi) is 4.87. The molecule has 0 bridgehead atoms. The van der Waals surface area contributed by atoms with Crippen molar-refractivity contribution in [3.05, 3.63) is 82.4 Å². The quantitative estimate of drug-likeness (QED) is 0.883. The molecule has 0 saturated carbocycles. The van der Waals surface area contributed by atoms with E-state index in [0.29, 0.717) is 10.6 Å². The lowest BCUT2D eigenvalue weighted by molar-refractivity contribution is -0.123. The van der Waals surface area contributed by atoms with E-state index in [1.807, 2.05) is 30.3 Å². The molecule has 124 valence electrons. The predicted octanol–water partition coefficient (Wildman–Crippen LogP) is 2.99. The van der Waals surface area contributed by atoms with Gasteiger partial charge in [-0.3, -0.25) is 4.79 Å². The van der Waals surface area contributed by atoms with Crippen LogP contribution in [0.5, 0.6) is 0 Å². The van der Waals surface area contributed by atoms with Crippen LogP contribution in [0.1, 0.15) is 17.2 Å². The number of benzene rings is 2. The van der Waals surface area contributed by atoms with Crippen molar-refractivity contribution in [3.8, 4) is 0 Å². The summed E-state index contributed by atoms with van der Waals surface area (Å²) in [5, 5.41) is 0.385. The minimum absolute atomic E-state index is 0.141. The monoisotopic (exact) mass is 363 g/mol. The summed E-state index contributed by atoms with van der Waals surface area (Å²) >= 11 is 4.34. The van der Waals surface area contributed by atoms with Crippen molar-refractivity contribution in [3.63, 3.8) is 0 Å². The van der Waals surface area contributed by atoms with Crippen LogP contribution in [0.25, 0.3) is 0 Å². The van der Waals surface area contributed by atoms with Crippen LogP contribution in [0.4, 0.5) is 0 Å².